The molecule has 0 radical (unpaired) electrons. The lowest BCUT2D eigenvalue weighted by Gasteiger charge is -2.04. The lowest BCUT2D eigenvalue weighted by atomic mass is 10.0. The maximum absolute atomic E-state index is 11.8. The monoisotopic (exact) mass is 353 g/mol. The second-order valence-corrected chi connectivity index (χ2v) is 5.96. The van der Waals surface area contributed by atoms with Gasteiger partial charge in [0.1, 0.15) is 0 Å². The summed E-state index contributed by atoms with van der Waals surface area (Å²) in [6, 6.07) is 10.3. The molecule has 2 aromatic rings. The van der Waals surface area contributed by atoms with Crippen LogP contribution in [-0.4, -0.2) is 10.4 Å². The fourth-order valence-electron chi connectivity index (χ4n) is 1.82. The first-order valence-electron chi connectivity index (χ1n) is 6.00. The molecule has 1 aromatic carbocycles. The average Bonchev–Trinajstić information content (AvgIpc) is 2.79. The Morgan fingerprint density at radius 1 is 1.22 bits per heavy atom. The third-order valence-corrected chi connectivity index (χ3v) is 3.56. The van der Waals surface area contributed by atoms with Crippen LogP contribution in [0.1, 0.15) is 29.8 Å². The van der Waals surface area contributed by atoms with Crippen molar-refractivity contribution in [3.63, 3.8) is 0 Å². The zero-order valence-corrected chi connectivity index (χ0v) is 12.7. The van der Waals surface area contributed by atoms with E-state index in [1.54, 1.807) is 0 Å². The molecule has 0 N–H and O–H groups in total. The van der Waals surface area contributed by atoms with Crippen LogP contribution in [0.5, 0.6) is 0 Å². The van der Waals surface area contributed by atoms with Gasteiger partial charge in [0.05, 0.1) is 0 Å². The quantitative estimate of drug-likeness (QED) is 0.602. The number of carbonyl (C=O) groups is 1. The van der Waals surface area contributed by atoms with Crippen LogP contribution in [0, 0.1) is 9.49 Å². The van der Waals surface area contributed by atoms with E-state index >= 15 is 0 Å². The van der Waals surface area contributed by atoms with Crippen LogP contribution >= 0.6 is 22.6 Å². The summed E-state index contributed by atoms with van der Waals surface area (Å²) < 4.78 is 3.29. The number of nitrogens with zero attached hydrogens (tertiary/aromatic N) is 1. The van der Waals surface area contributed by atoms with E-state index in [4.69, 9.17) is 0 Å². The number of Topliss-reactive ketones (excluding diaryl/α,β-unsaturated/α-hetero) is 1. The molecule has 3 heteroatoms. The molecule has 0 aliphatic carbocycles. The standard InChI is InChI=1S/C15H16INO/c1-11(2)15(18)13-7-8-17(10-13)9-12-3-5-14(16)6-4-12/h3-8,10-11H,9H2,1-2H3. The van der Waals surface area contributed by atoms with Crippen molar-refractivity contribution in [2.75, 3.05) is 0 Å². The molecule has 18 heavy (non-hydrogen) atoms. The Bertz CT molecular complexity index is 540. The smallest absolute Gasteiger partial charge is 0.166 e. The summed E-state index contributed by atoms with van der Waals surface area (Å²) in [7, 11) is 0. The van der Waals surface area contributed by atoms with Crippen LogP contribution in [0.4, 0.5) is 0 Å². The lowest BCUT2D eigenvalue weighted by Crippen LogP contribution is -2.06. The fourth-order valence-corrected chi connectivity index (χ4v) is 2.18. The minimum Gasteiger partial charge on any atom is -0.349 e. The van der Waals surface area contributed by atoms with Gasteiger partial charge in [0.25, 0.3) is 0 Å². The molecule has 0 unspecified atom stereocenters. The van der Waals surface area contributed by atoms with Crippen LogP contribution in [0.15, 0.2) is 42.7 Å². The van der Waals surface area contributed by atoms with E-state index in [2.05, 4.69) is 51.4 Å². The van der Waals surface area contributed by atoms with E-state index in [9.17, 15) is 4.79 Å². The summed E-state index contributed by atoms with van der Waals surface area (Å²) in [4.78, 5) is 11.8. The van der Waals surface area contributed by atoms with E-state index in [1.165, 1.54) is 9.13 Å². The predicted molar refractivity (Wildman–Crippen MR) is 81.9 cm³/mol. The van der Waals surface area contributed by atoms with Gasteiger partial charge < -0.3 is 4.57 Å². The minimum atomic E-state index is 0.0548. The highest BCUT2D eigenvalue weighted by Crippen LogP contribution is 2.12. The van der Waals surface area contributed by atoms with Gasteiger partial charge in [0, 0.05) is 34.0 Å². The van der Waals surface area contributed by atoms with Crippen molar-refractivity contribution in [3.8, 4) is 0 Å². The molecule has 94 valence electrons. The molecule has 0 saturated carbocycles. The van der Waals surface area contributed by atoms with E-state index in [0.717, 1.165) is 12.1 Å². The maximum Gasteiger partial charge on any atom is 0.166 e. The number of hydrogen-bond acceptors (Lipinski definition) is 1. The molecule has 0 amide bonds. The van der Waals surface area contributed by atoms with E-state index in [1.807, 2.05) is 32.3 Å². The second-order valence-electron chi connectivity index (χ2n) is 4.72. The van der Waals surface area contributed by atoms with Crippen LogP contribution in [0.2, 0.25) is 0 Å². The van der Waals surface area contributed by atoms with Gasteiger partial charge in [-0.2, -0.15) is 0 Å². The van der Waals surface area contributed by atoms with Crippen molar-refractivity contribution in [1.29, 1.82) is 0 Å². The molecule has 0 atom stereocenters. The van der Waals surface area contributed by atoms with Crippen molar-refractivity contribution in [2.24, 2.45) is 5.92 Å². The van der Waals surface area contributed by atoms with E-state index in [0.29, 0.717) is 0 Å². The summed E-state index contributed by atoms with van der Waals surface area (Å²) in [6.07, 6.45) is 3.90. The number of carbonyl (C=O) groups excluding carboxylic acids is 1. The predicted octanol–water partition coefficient (Wildman–Crippen LogP) is 3.98. The molecule has 1 aromatic heterocycles. The van der Waals surface area contributed by atoms with Gasteiger partial charge in [0.15, 0.2) is 5.78 Å². The van der Waals surface area contributed by atoms with Gasteiger partial charge in [0.2, 0.25) is 0 Å². The Balaban J connectivity index is 2.11. The zero-order chi connectivity index (χ0) is 13.1. The van der Waals surface area contributed by atoms with Gasteiger partial charge in [-0.05, 0) is 46.4 Å². The Kier molecular flexibility index (Phi) is 4.22. The maximum atomic E-state index is 11.8. The third kappa shape index (κ3) is 3.22. The number of aromatic nitrogens is 1. The van der Waals surface area contributed by atoms with Crippen molar-refractivity contribution in [3.05, 3.63) is 57.4 Å². The molecule has 0 spiro atoms. The Labute approximate surface area is 121 Å². The second kappa shape index (κ2) is 5.69. The van der Waals surface area contributed by atoms with Crippen LogP contribution in [-0.2, 0) is 6.54 Å². The summed E-state index contributed by atoms with van der Waals surface area (Å²) in [5, 5.41) is 0. The Morgan fingerprint density at radius 2 is 1.89 bits per heavy atom. The number of benzene rings is 1. The molecule has 0 fully saturated rings. The molecule has 0 bridgehead atoms. The molecule has 0 saturated heterocycles. The molecule has 0 aliphatic heterocycles. The minimum absolute atomic E-state index is 0.0548. The summed E-state index contributed by atoms with van der Waals surface area (Å²) in [6.45, 7) is 4.67. The van der Waals surface area contributed by atoms with Crippen molar-refractivity contribution in [1.82, 2.24) is 4.57 Å². The SMILES string of the molecule is CC(C)C(=O)c1ccn(Cc2ccc(I)cc2)c1. The largest absolute Gasteiger partial charge is 0.349 e. The Hall–Kier alpha value is -1.10. The highest BCUT2D eigenvalue weighted by molar-refractivity contribution is 14.1. The molecular weight excluding hydrogens is 337 g/mol. The molecule has 0 aliphatic rings. The topological polar surface area (TPSA) is 22.0 Å². The number of ketones is 1. The van der Waals surface area contributed by atoms with Crippen LogP contribution < -0.4 is 0 Å². The molecule has 2 rings (SSSR count). The fraction of sp³-hybridized carbons (Fsp3) is 0.267. The summed E-state index contributed by atoms with van der Waals surface area (Å²) >= 11 is 2.30. The number of halogens is 1. The van der Waals surface area contributed by atoms with Gasteiger partial charge in [-0.25, -0.2) is 0 Å². The van der Waals surface area contributed by atoms with Crippen LogP contribution in [0.3, 0.4) is 0 Å². The van der Waals surface area contributed by atoms with Gasteiger partial charge in [-0.3, -0.25) is 4.79 Å². The Morgan fingerprint density at radius 3 is 2.50 bits per heavy atom. The zero-order valence-electron chi connectivity index (χ0n) is 10.6. The number of rotatable bonds is 4. The molecule has 2 nitrogen and oxygen atoms in total. The molecule has 1 heterocycles. The first-order chi connectivity index (χ1) is 8.56. The van der Waals surface area contributed by atoms with Crippen molar-refractivity contribution in [2.45, 2.75) is 20.4 Å². The summed E-state index contributed by atoms with van der Waals surface area (Å²) in [5.74, 6) is 0.260. The first-order valence-corrected chi connectivity index (χ1v) is 7.08. The highest BCUT2D eigenvalue weighted by Gasteiger charge is 2.11. The van der Waals surface area contributed by atoms with Crippen molar-refractivity contribution < 1.29 is 4.79 Å². The normalized spacial score (nSPS) is 10.9. The van der Waals surface area contributed by atoms with Crippen molar-refractivity contribution >= 4 is 28.4 Å². The van der Waals surface area contributed by atoms with Crippen LogP contribution in [0.25, 0.3) is 0 Å². The van der Waals surface area contributed by atoms with E-state index in [-0.39, 0.29) is 11.7 Å². The number of hydrogen-bond donors (Lipinski definition) is 0. The van der Waals surface area contributed by atoms with Gasteiger partial charge in [-0.15, -0.1) is 0 Å². The third-order valence-electron chi connectivity index (χ3n) is 2.84. The first kappa shape index (κ1) is 13.3. The van der Waals surface area contributed by atoms with Gasteiger partial charge in [-0.1, -0.05) is 26.0 Å². The summed E-state index contributed by atoms with van der Waals surface area (Å²) in [5.41, 5.74) is 2.05. The van der Waals surface area contributed by atoms with Gasteiger partial charge >= 0.3 is 0 Å². The molecular formula is C15H16INO. The average molecular weight is 353 g/mol. The lowest BCUT2D eigenvalue weighted by molar-refractivity contribution is 0.0939. The highest BCUT2D eigenvalue weighted by atomic mass is 127. The van der Waals surface area contributed by atoms with E-state index < -0.39 is 0 Å².